The van der Waals surface area contributed by atoms with Gasteiger partial charge in [-0.15, -0.1) is 0 Å². The first-order valence-electron chi connectivity index (χ1n) is 9.05. The van der Waals surface area contributed by atoms with Crippen LogP contribution in [-0.2, 0) is 31.4 Å². The number of nitrogens with zero attached hydrogens (tertiary/aromatic N) is 4. The summed E-state index contributed by atoms with van der Waals surface area (Å²) in [6, 6.07) is 10.4. The Morgan fingerprint density at radius 2 is 2.07 bits per heavy atom. The molecule has 0 saturated heterocycles. The third-order valence-electron chi connectivity index (χ3n) is 4.93. The number of halogens is 1. The monoisotopic (exact) mass is 431 g/mol. The molecule has 27 heavy (non-hydrogen) atoms. The first-order chi connectivity index (χ1) is 13.0. The third-order valence-corrected chi connectivity index (χ3v) is 5.36. The van der Waals surface area contributed by atoms with Gasteiger partial charge >= 0.3 is 0 Å². The number of hydrogen-bond donors (Lipinski definition) is 1. The molecule has 2 aromatic rings. The number of aryl methyl sites for hydroxylation is 1. The van der Waals surface area contributed by atoms with E-state index in [0.717, 1.165) is 23.1 Å². The lowest BCUT2D eigenvalue weighted by atomic mass is 10.00. The molecular weight excluding hydrogens is 406 g/mol. The number of aliphatic imine (C=N–C) groups is 1. The zero-order valence-corrected chi connectivity index (χ0v) is 17.7. The van der Waals surface area contributed by atoms with Crippen molar-refractivity contribution in [1.29, 1.82) is 0 Å². The van der Waals surface area contributed by atoms with Crippen molar-refractivity contribution in [3.05, 3.63) is 57.8 Å². The van der Waals surface area contributed by atoms with Crippen LogP contribution in [0.3, 0.4) is 0 Å². The fourth-order valence-corrected chi connectivity index (χ4v) is 3.97. The summed E-state index contributed by atoms with van der Waals surface area (Å²) >= 11 is 3.50. The van der Waals surface area contributed by atoms with E-state index in [4.69, 9.17) is 0 Å². The average molecular weight is 432 g/mol. The van der Waals surface area contributed by atoms with Crippen molar-refractivity contribution in [1.82, 2.24) is 19.7 Å². The Morgan fingerprint density at radius 1 is 1.33 bits per heavy atom. The topological polar surface area (TPSA) is 52.9 Å². The Kier molecular flexibility index (Phi) is 6.21. The molecule has 6 nitrogen and oxygen atoms in total. The van der Waals surface area contributed by atoms with E-state index in [2.05, 4.69) is 55.1 Å². The van der Waals surface area contributed by atoms with Crippen LogP contribution in [0.5, 0.6) is 0 Å². The molecule has 144 valence electrons. The molecule has 0 saturated carbocycles. The first kappa shape index (κ1) is 19.5. The molecule has 1 aliphatic rings. The Hall–Kier alpha value is -2.28. The van der Waals surface area contributed by atoms with E-state index in [0.29, 0.717) is 19.0 Å². The van der Waals surface area contributed by atoms with Crippen molar-refractivity contribution >= 4 is 27.8 Å². The minimum atomic E-state index is 0.0978. The predicted molar refractivity (Wildman–Crippen MR) is 112 cm³/mol. The molecule has 1 aromatic carbocycles. The van der Waals surface area contributed by atoms with Crippen molar-refractivity contribution < 1.29 is 4.79 Å². The van der Waals surface area contributed by atoms with Crippen LogP contribution < -0.4 is 5.32 Å². The quantitative estimate of drug-likeness (QED) is 0.597. The third kappa shape index (κ3) is 4.71. The second kappa shape index (κ2) is 8.61. The highest BCUT2D eigenvalue weighted by molar-refractivity contribution is 9.10. The van der Waals surface area contributed by atoms with E-state index < -0.39 is 0 Å². The highest BCUT2D eigenvalue weighted by atomic mass is 79.9. The minimum absolute atomic E-state index is 0.0978. The summed E-state index contributed by atoms with van der Waals surface area (Å²) in [5.74, 6) is 0.804. The van der Waals surface area contributed by atoms with Gasteiger partial charge in [0.1, 0.15) is 0 Å². The summed E-state index contributed by atoms with van der Waals surface area (Å²) < 4.78 is 3.13. The smallest absolute Gasteiger partial charge is 0.242 e. The summed E-state index contributed by atoms with van der Waals surface area (Å²) in [4.78, 5) is 20.9. The van der Waals surface area contributed by atoms with Crippen molar-refractivity contribution in [3.63, 3.8) is 0 Å². The Labute approximate surface area is 169 Å². The first-order valence-corrected chi connectivity index (χ1v) is 9.84. The largest absolute Gasteiger partial charge is 0.352 e. The Morgan fingerprint density at radius 3 is 2.74 bits per heavy atom. The zero-order valence-electron chi connectivity index (χ0n) is 16.1. The molecule has 1 aliphatic heterocycles. The molecule has 7 heteroatoms. The average Bonchev–Trinajstić information content (AvgIpc) is 2.98. The van der Waals surface area contributed by atoms with Crippen LogP contribution in [-0.4, -0.2) is 53.4 Å². The van der Waals surface area contributed by atoms with Gasteiger partial charge in [0.2, 0.25) is 5.91 Å². The fraction of sp³-hybridized carbons (Fsp3) is 0.400. The summed E-state index contributed by atoms with van der Waals surface area (Å²) in [6.45, 7) is 2.40. The zero-order chi connectivity index (χ0) is 19.4. The van der Waals surface area contributed by atoms with Crippen LogP contribution in [0.4, 0.5) is 0 Å². The van der Waals surface area contributed by atoms with Crippen LogP contribution in [0.15, 0.2) is 46.0 Å². The molecule has 1 amide bonds. The van der Waals surface area contributed by atoms with Crippen molar-refractivity contribution in [2.75, 3.05) is 27.2 Å². The van der Waals surface area contributed by atoms with E-state index in [1.54, 1.807) is 7.05 Å². The molecule has 2 heterocycles. The van der Waals surface area contributed by atoms with E-state index in [-0.39, 0.29) is 12.5 Å². The highest BCUT2D eigenvalue weighted by Crippen LogP contribution is 2.18. The molecule has 0 unspecified atom stereocenters. The Bertz CT molecular complexity index is 845. The van der Waals surface area contributed by atoms with Gasteiger partial charge in [-0.05, 0) is 39.5 Å². The van der Waals surface area contributed by atoms with Gasteiger partial charge in [0.05, 0.1) is 13.1 Å². The number of hydrogen-bond acceptors (Lipinski definition) is 2. The number of fused-ring (bicyclic) bond motifs is 1. The van der Waals surface area contributed by atoms with E-state index in [9.17, 15) is 4.79 Å². The van der Waals surface area contributed by atoms with Gasteiger partial charge in [0.25, 0.3) is 0 Å². The maximum absolute atomic E-state index is 12.6. The lowest BCUT2D eigenvalue weighted by Gasteiger charge is -2.29. The molecule has 0 radical (unpaired) electrons. The van der Waals surface area contributed by atoms with Crippen LogP contribution in [0.25, 0.3) is 0 Å². The lowest BCUT2D eigenvalue weighted by molar-refractivity contribution is -0.130. The SMILES string of the molecule is CN=C(NCC(=O)N1CCc2ccccc2C1)N(C)Cc1cc(Br)cn1C. The van der Waals surface area contributed by atoms with E-state index in [1.165, 1.54) is 11.1 Å². The molecule has 3 rings (SSSR count). The van der Waals surface area contributed by atoms with Gasteiger partial charge < -0.3 is 19.7 Å². The number of guanidine groups is 1. The van der Waals surface area contributed by atoms with E-state index >= 15 is 0 Å². The van der Waals surface area contributed by atoms with Crippen molar-refractivity contribution in [2.45, 2.75) is 19.5 Å². The van der Waals surface area contributed by atoms with Crippen LogP contribution in [0, 0.1) is 0 Å². The van der Waals surface area contributed by atoms with Gasteiger partial charge in [-0.3, -0.25) is 9.79 Å². The summed E-state index contributed by atoms with van der Waals surface area (Å²) in [5, 5.41) is 3.20. The summed E-state index contributed by atoms with van der Waals surface area (Å²) in [6.07, 6.45) is 2.94. The van der Waals surface area contributed by atoms with Gasteiger partial charge in [-0.1, -0.05) is 24.3 Å². The molecule has 0 aliphatic carbocycles. The van der Waals surface area contributed by atoms with Crippen LogP contribution >= 0.6 is 15.9 Å². The number of aromatic nitrogens is 1. The summed E-state index contributed by atoms with van der Waals surface area (Å²) in [7, 11) is 5.72. The van der Waals surface area contributed by atoms with Crippen molar-refractivity contribution in [2.24, 2.45) is 12.0 Å². The van der Waals surface area contributed by atoms with Crippen LogP contribution in [0.2, 0.25) is 0 Å². The maximum Gasteiger partial charge on any atom is 0.242 e. The maximum atomic E-state index is 12.6. The molecule has 0 bridgehead atoms. The Balaban J connectivity index is 1.55. The number of carbonyl (C=O) groups excluding carboxylic acids is 1. The van der Waals surface area contributed by atoms with E-state index in [1.807, 2.05) is 36.2 Å². The fourth-order valence-electron chi connectivity index (χ4n) is 3.40. The highest BCUT2D eigenvalue weighted by Gasteiger charge is 2.20. The minimum Gasteiger partial charge on any atom is -0.352 e. The molecular formula is C20H26BrN5O. The van der Waals surface area contributed by atoms with Crippen LogP contribution in [0.1, 0.15) is 16.8 Å². The second-order valence-electron chi connectivity index (χ2n) is 6.85. The van der Waals surface area contributed by atoms with Gasteiger partial charge in [-0.25, -0.2) is 0 Å². The van der Waals surface area contributed by atoms with Gasteiger partial charge in [0, 0.05) is 50.6 Å². The number of amides is 1. The number of benzene rings is 1. The van der Waals surface area contributed by atoms with Gasteiger partial charge in [0.15, 0.2) is 5.96 Å². The van der Waals surface area contributed by atoms with Gasteiger partial charge in [-0.2, -0.15) is 0 Å². The molecule has 0 fully saturated rings. The second-order valence-corrected chi connectivity index (χ2v) is 7.77. The molecule has 0 atom stereocenters. The molecule has 1 aromatic heterocycles. The predicted octanol–water partition coefficient (Wildman–Crippen LogP) is 2.38. The standard InChI is InChI=1S/C20H26BrN5O/c1-22-20(25(3)14-18-10-17(21)13-24(18)2)23-11-19(27)26-9-8-15-6-4-5-7-16(15)12-26/h4-7,10,13H,8-9,11-12,14H2,1-3H3,(H,22,23). The van der Waals surface area contributed by atoms with Crippen molar-refractivity contribution in [3.8, 4) is 0 Å². The lowest BCUT2D eigenvalue weighted by Crippen LogP contribution is -2.46. The number of rotatable bonds is 4. The normalized spacial score (nSPS) is 14.1. The molecule has 1 N–H and O–H groups in total. The summed E-state index contributed by atoms with van der Waals surface area (Å²) in [5.41, 5.74) is 3.75. The molecule has 0 spiro atoms. The number of nitrogens with one attached hydrogen (secondary N) is 1. The number of carbonyl (C=O) groups is 1.